The Morgan fingerprint density at radius 3 is 2.81 bits per heavy atom. The topological polar surface area (TPSA) is 75.6 Å². The zero-order chi connectivity index (χ0) is 15.5. The molecular formula is C15H16FNO4. The largest absolute Gasteiger partial charge is 0.478 e. The van der Waals surface area contributed by atoms with Crippen molar-refractivity contribution < 1.29 is 23.8 Å². The van der Waals surface area contributed by atoms with Gasteiger partial charge < -0.3 is 15.2 Å². The molecule has 0 aromatic heterocycles. The third-order valence-corrected chi connectivity index (χ3v) is 3.36. The lowest BCUT2D eigenvalue weighted by Crippen LogP contribution is -2.39. The second kappa shape index (κ2) is 6.05. The van der Waals surface area contributed by atoms with E-state index in [1.54, 1.807) is 6.92 Å². The highest BCUT2D eigenvalue weighted by Crippen LogP contribution is 2.27. The number of rotatable bonds is 4. The zero-order valence-electron chi connectivity index (χ0n) is 11.6. The number of carbonyl (C=O) groups is 2. The summed E-state index contributed by atoms with van der Waals surface area (Å²) in [5.74, 6) is -2.12. The highest BCUT2D eigenvalue weighted by molar-refractivity contribution is 5.97. The molecule has 0 bridgehead atoms. The van der Waals surface area contributed by atoms with Crippen molar-refractivity contribution in [3.63, 3.8) is 0 Å². The van der Waals surface area contributed by atoms with Gasteiger partial charge in [-0.25, -0.2) is 9.18 Å². The van der Waals surface area contributed by atoms with E-state index in [0.717, 1.165) is 18.6 Å². The summed E-state index contributed by atoms with van der Waals surface area (Å²) < 4.78 is 19.3. The first-order valence-electron chi connectivity index (χ1n) is 6.57. The lowest BCUT2D eigenvalue weighted by Gasteiger charge is -2.22. The number of benzene rings is 1. The Kier molecular flexibility index (Phi) is 4.37. The van der Waals surface area contributed by atoms with Gasteiger partial charge in [0, 0.05) is 12.7 Å². The van der Waals surface area contributed by atoms with Crippen LogP contribution in [0.25, 0.3) is 6.08 Å². The van der Waals surface area contributed by atoms with Gasteiger partial charge in [-0.2, -0.15) is 0 Å². The molecule has 0 aliphatic carbocycles. The Bertz CT molecular complexity index is 591. The van der Waals surface area contributed by atoms with E-state index in [-0.39, 0.29) is 11.6 Å². The van der Waals surface area contributed by atoms with E-state index in [1.807, 2.05) is 0 Å². The number of carboxylic acid groups (broad SMARTS) is 1. The molecule has 1 aliphatic rings. The normalized spacial score (nSPS) is 21.6. The molecule has 1 aliphatic heterocycles. The van der Waals surface area contributed by atoms with E-state index in [4.69, 9.17) is 9.84 Å². The van der Waals surface area contributed by atoms with E-state index in [1.165, 1.54) is 18.2 Å². The number of carbonyl (C=O) groups excluding carboxylic acids is 1. The predicted molar refractivity (Wildman–Crippen MR) is 75.3 cm³/mol. The Hall–Kier alpha value is -2.21. The summed E-state index contributed by atoms with van der Waals surface area (Å²) >= 11 is 0. The van der Waals surface area contributed by atoms with Crippen LogP contribution in [0.5, 0.6) is 0 Å². The van der Waals surface area contributed by atoms with Crippen LogP contribution < -0.4 is 5.32 Å². The van der Waals surface area contributed by atoms with Gasteiger partial charge in [0.2, 0.25) is 0 Å². The number of hydrogen-bond donors (Lipinski definition) is 2. The number of hydrogen-bond acceptors (Lipinski definition) is 3. The van der Waals surface area contributed by atoms with Gasteiger partial charge >= 0.3 is 5.97 Å². The lowest BCUT2D eigenvalue weighted by molar-refractivity contribution is -0.134. The molecule has 0 radical (unpaired) electrons. The summed E-state index contributed by atoms with van der Waals surface area (Å²) in [5, 5.41) is 11.0. The lowest BCUT2D eigenvalue weighted by atomic mass is 10.0. The summed E-state index contributed by atoms with van der Waals surface area (Å²) in [6.07, 6.45) is 3.59. The van der Waals surface area contributed by atoms with Crippen LogP contribution in [0.4, 0.5) is 10.1 Å². The van der Waals surface area contributed by atoms with Gasteiger partial charge in [0.1, 0.15) is 11.4 Å². The fourth-order valence-corrected chi connectivity index (χ4v) is 2.12. The van der Waals surface area contributed by atoms with Gasteiger partial charge in [0.05, 0.1) is 5.69 Å². The average molecular weight is 293 g/mol. The molecule has 0 saturated carbocycles. The molecule has 1 amide bonds. The molecule has 1 atom stereocenters. The van der Waals surface area contributed by atoms with Crippen molar-refractivity contribution in [3.05, 3.63) is 35.7 Å². The van der Waals surface area contributed by atoms with Gasteiger partial charge in [-0.15, -0.1) is 0 Å². The molecule has 1 fully saturated rings. The summed E-state index contributed by atoms with van der Waals surface area (Å²) in [6, 6.07) is 4.08. The SMILES string of the molecule is CC1(C(=O)Nc2ccc(/C=C/C(=O)O)cc2F)CCCO1. The molecule has 1 unspecified atom stereocenters. The quantitative estimate of drug-likeness (QED) is 0.836. The smallest absolute Gasteiger partial charge is 0.328 e. The Labute approximate surface area is 121 Å². The number of anilines is 1. The van der Waals surface area contributed by atoms with E-state index in [2.05, 4.69) is 5.32 Å². The Balaban J connectivity index is 2.11. The van der Waals surface area contributed by atoms with Crippen LogP contribution >= 0.6 is 0 Å². The minimum absolute atomic E-state index is 0.0456. The molecule has 2 N–H and O–H groups in total. The molecule has 21 heavy (non-hydrogen) atoms. The van der Waals surface area contributed by atoms with Crippen molar-refractivity contribution in [2.45, 2.75) is 25.4 Å². The number of amides is 1. The number of aliphatic carboxylic acids is 1. The number of carboxylic acids is 1. The van der Waals surface area contributed by atoms with E-state index >= 15 is 0 Å². The molecule has 2 rings (SSSR count). The molecular weight excluding hydrogens is 277 g/mol. The fourth-order valence-electron chi connectivity index (χ4n) is 2.12. The highest BCUT2D eigenvalue weighted by Gasteiger charge is 2.37. The summed E-state index contributed by atoms with van der Waals surface area (Å²) in [6.45, 7) is 2.20. The molecule has 1 aromatic rings. The van der Waals surface area contributed by atoms with Crippen LogP contribution in [-0.2, 0) is 14.3 Å². The Morgan fingerprint density at radius 1 is 1.48 bits per heavy atom. The van der Waals surface area contributed by atoms with Gasteiger partial charge in [-0.3, -0.25) is 4.79 Å². The van der Waals surface area contributed by atoms with Crippen molar-refractivity contribution in [3.8, 4) is 0 Å². The van der Waals surface area contributed by atoms with Crippen molar-refractivity contribution in [2.75, 3.05) is 11.9 Å². The van der Waals surface area contributed by atoms with Crippen LogP contribution in [0.3, 0.4) is 0 Å². The molecule has 112 valence electrons. The van der Waals surface area contributed by atoms with Crippen LogP contribution in [0, 0.1) is 5.82 Å². The fraction of sp³-hybridized carbons (Fsp3) is 0.333. The number of halogens is 1. The summed E-state index contributed by atoms with van der Waals surface area (Å²) in [7, 11) is 0. The maximum atomic E-state index is 13.9. The molecule has 1 heterocycles. The minimum Gasteiger partial charge on any atom is -0.478 e. The molecule has 1 aromatic carbocycles. The van der Waals surface area contributed by atoms with Crippen molar-refractivity contribution >= 4 is 23.6 Å². The van der Waals surface area contributed by atoms with E-state index < -0.39 is 17.4 Å². The third kappa shape index (κ3) is 3.66. The first kappa shape index (κ1) is 15.2. The summed E-state index contributed by atoms with van der Waals surface area (Å²) in [4.78, 5) is 22.5. The maximum Gasteiger partial charge on any atom is 0.328 e. The van der Waals surface area contributed by atoms with Crippen molar-refractivity contribution in [1.29, 1.82) is 0 Å². The zero-order valence-corrected chi connectivity index (χ0v) is 11.6. The molecule has 5 nitrogen and oxygen atoms in total. The Morgan fingerprint density at radius 2 is 2.24 bits per heavy atom. The van der Waals surface area contributed by atoms with E-state index in [9.17, 15) is 14.0 Å². The van der Waals surface area contributed by atoms with Gasteiger partial charge in [-0.05, 0) is 43.5 Å². The molecule has 0 spiro atoms. The minimum atomic E-state index is -1.11. The van der Waals surface area contributed by atoms with Crippen molar-refractivity contribution in [1.82, 2.24) is 0 Å². The predicted octanol–water partition coefficient (Wildman–Crippen LogP) is 2.43. The highest BCUT2D eigenvalue weighted by atomic mass is 19.1. The standard InChI is InChI=1S/C15H16FNO4/c1-15(7-2-8-21-15)14(20)17-12-5-3-10(9-11(12)16)4-6-13(18)19/h3-6,9H,2,7-8H2,1H3,(H,17,20)(H,18,19)/b6-4+. The van der Waals surface area contributed by atoms with Gasteiger partial charge in [-0.1, -0.05) is 6.07 Å². The van der Waals surface area contributed by atoms with Crippen LogP contribution in [-0.4, -0.2) is 29.2 Å². The maximum absolute atomic E-state index is 13.9. The van der Waals surface area contributed by atoms with Crippen LogP contribution in [0.1, 0.15) is 25.3 Å². The average Bonchev–Trinajstić information content (AvgIpc) is 2.87. The van der Waals surface area contributed by atoms with E-state index in [0.29, 0.717) is 18.6 Å². The monoisotopic (exact) mass is 293 g/mol. The van der Waals surface area contributed by atoms with Crippen LogP contribution in [0.15, 0.2) is 24.3 Å². The number of ether oxygens (including phenoxy) is 1. The van der Waals surface area contributed by atoms with Gasteiger partial charge in [0.25, 0.3) is 5.91 Å². The first-order chi connectivity index (χ1) is 9.90. The second-order valence-corrected chi connectivity index (χ2v) is 5.05. The van der Waals surface area contributed by atoms with Gasteiger partial charge in [0.15, 0.2) is 0 Å². The van der Waals surface area contributed by atoms with Crippen molar-refractivity contribution in [2.24, 2.45) is 0 Å². The van der Waals surface area contributed by atoms with Crippen LogP contribution in [0.2, 0.25) is 0 Å². The third-order valence-electron chi connectivity index (χ3n) is 3.36. The number of nitrogens with one attached hydrogen (secondary N) is 1. The first-order valence-corrected chi connectivity index (χ1v) is 6.57. The second-order valence-electron chi connectivity index (χ2n) is 5.05. The molecule has 1 saturated heterocycles. The summed E-state index contributed by atoms with van der Waals surface area (Å²) in [5.41, 5.74) is -0.477. The molecule has 6 heteroatoms.